The summed E-state index contributed by atoms with van der Waals surface area (Å²) in [5.74, 6) is -0.297. The normalized spacial score (nSPS) is 13.3. The summed E-state index contributed by atoms with van der Waals surface area (Å²) >= 11 is 6.55. The molecule has 0 radical (unpaired) electrons. The Morgan fingerprint density at radius 2 is 1.42 bits per heavy atom. The van der Waals surface area contributed by atoms with Crippen LogP contribution in [0.2, 0.25) is 5.02 Å². The number of anilines is 1. The van der Waals surface area contributed by atoms with E-state index in [2.05, 4.69) is 20.7 Å². The molecule has 270 valence electrons. The van der Waals surface area contributed by atoms with Gasteiger partial charge < -0.3 is 15.3 Å². The quantitative estimate of drug-likeness (QED) is 0.167. The van der Waals surface area contributed by atoms with Gasteiger partial charge in [0.15, 0.2) is 0 Å². The van der Waals surface area contributed by atoms with Gasteiger partial charge in [0.05, 0.1) is 23.7 Å². The summed E-state index contributed by atoms with van der Waals surface area (Å²) in [5.41, 5.74) is -4.40. The number of rotatable bonds is 9. The lowest BCUT2D eigenvalue weighted by Gasteiger charge is -2.31. The maximum atomic E-state index is 14.0. The second-order valence-corrected chi connectivity index (χ2v) is 13.0. The van der Waals surface area contributed by atoms with Crippen molar-refractivity contribution in [1.82, 2.24) is 25.5 Å². The van der Waals surface area contributed by atoms with Crippen LogP contribution in [0, 0.1) is 5.41 Å². The van der Waals surface area contributed by atoms with Gasteiger partial charge in [-0.1, -0.05) is 49.6 Å². The zero-order valence-electron chi connectivity index (χ0n) is 26.8. The lowest BCUT2D eigenvalue weighted by atomic mass is 9.82. The van der Waals surface area contributed by atoms with Gasteiger partial charge in [0.1, 0.15) is 0 Å². The van der Waals surface area contributed by atoms with Crippen molar-refractivity contribution in [1.29, 1.82) is 0 Å². The number of carboxylic acid groups (broad SMARTS) is 1. The van der Waals surface area contributed by atoms with Gasteiger partial charge in [-0.15, -0.1) is 5.10 Å². The van der Waals surface area contributed by atoms with Crippen molar-refractivity contribution in [2.75, 3.05) is 4.90 Å². The minimum Gasteiger partial charge on any atom is -0.465 e. The Balaban J connectivity index is 1.86. The first-order chi connectivity index (χ1) is 22.9. The van der Waals surface area contributed by atoms with Gasteiger partial charge in [-0.25, -0.2) is 4.79 Å². The Labute approximate surface area is 284 Å². The average Bonchev–Trinajstić information content (AvgIpc) is 3.41. The first-order valence-electron chi connectivity index (χ1n) is 14.7. The predicted octanol–water partition coefficient (Wildman–Crippen LogP) is 9.02. The molecule has 18 heteroatoms. The molecule has 1 amide bonds. The summed E-state index contributed by atoms with van der Waals surface area (Å²) in [6.45, 7) is 4.20. The maximum Gasteiger partial charge on any atom is 0.416 e. The summed E-state index contributed by atoms with van der Waals surface area (Å²) in [6, 6.07) is 7.80. The van der Waals surface area contributed by atoms with Crippen molar-refractivity contribution in [2.45, 2.75) is 64.9 Å². The zero-order chi connectivity index (χ0) is 37.4. The largest absolute Gasteiger partial charge is 0.465 e. The summed E-state index contributed by atoms with van der Waals surface area (Å²) in [6.07, 6.45) is -16.2. The van der Waals surface area contributed by atoms with Gasteiger partial charge in [0.25, 0.3) is 5.95 Å². The Morgan fingerprint density at radius 3 is 1.92 bits per heavy atom. The van der Waals surface area contributed by atoms with Crippen LogP contribution in [0.25, 0.3) is 11.1 Å². The van der Waals surface area contributed by atoms with E-state index in [1.54, 1.807) is 12.1 Å². The van der Waals surface area contributed by atoms with Crippen LogP contribution >= 0.6 is 11.6 Å². The van der Waals surface area contributed by atoms with E-state index in [-0.39, 0.29) is 40.1 Å². The first-order valence-corrected chi connectivity index (χ1v) is 15.1. The molecule has 1 atom stereocenters. The Morgan fingerprint density at radius 1 is 0.820 bits per heavy atom. The molecule has 0 saturated carbocycles. The van der Waals surface area contributed by atoms with Gasteiger partial charge in [-0.3, -0.25) is 0 Å². The third-order valence-electron chi connectivity index (χ3n) is 7.70. The number of amides is 1. The molecular weight excluding hydrogens is 707 g/mol. The molecule has 3 aromatic carbocycles. The SMILES string of the molecule is Cn1nnc(N(Cc2cc(C(F)(F)F)cc(C(F)(F)F)c2)Cc2cc(C(F)(F)F)ccc2-c2cc(CC(NC(=O)O)C(C)(C)C)ccc2Cl)n1. The van der Waals surface area contributed by atoms with Crippen molar-refractivity contribution in [3.63, 3.8) is 0 Å². The first kappa shape index (κ1) is 38.3. The van der Waals surface area contributed by atoms with Crippen molar-refractivity contribution < 1.29 is 49.4 Å². The van der Waals surface area contributed by atoms with Crippen molar-refractivity contribution in [3.8, 4) is 11.1 Å². The summed E-state index contributed by atoms with van der Waals surface area (Å²) < 4.78 is 124. The molecule has 0 bridgehead atoms. The number of aromatic nitrogens is 4. The number of nitrogens with zero attached hydrogens (tertiary/aromatic N) is 5. The number of nitrogens with one attached hydrogen (secondary N) is 1. The van der Waals surface area contributed by atoms with Crippen LogP contribution in [0.1, 0.15) is 54.2 Å². The summed E-state index contributed by atoms with van der Waals surface area (Å²) in [4.78, 5) is 13.5. The number of benzene rings is 3. The van der Waals surface area contributed by atoms with Crippen LogP contribution in [0.15, 0.2) is 54.6 Å². The third-order valence-corrected chi connectivity index (χ3v) is 8.03. The fourth-order valence-electron chi connectivity index (χ4n) is 5.16. The second-order valence-electron chi connectivity index (χ2n) is 12.6. The number of tetrazole rings is 1. The Bertz CT molecular complexity index is 1820. The molecule has 1 heterocycles. The highest BCUT2D eigenvalue weighted by molar-refractivity contribution is 6.33. The molecule has 1 aromatic heterocycles. The molecule has 0 aliphatic carbocycles. The smallest absolute Gasteiger partial charge is 0.416 e. The van der Waals surface area contributed by atoms with Crippen LogP contribution in [0.3, 0.4) is 0 Å². The molecule has 0 spiro atoms. The van der Waals surface area contributed by atoms with Crippen LogP contribution in [0.4, 0.5) is 50.3 Å². The number of carbonyl (C=O) groups is 1. The number of hydrogen-bond donors (Lipinski definition) is 2. The van der Waals surface area contributed by atoms with E-state index < -0.39 is 71.4 Å². The van der Waals surface area contributed by atoms with E-state index in [1.165, 1.54) is 13.1 Å². The minimum atomic E-state index is -5.15. The average molecular weight is 737 g/mol. The van der Waals surface area contributed by atoms with Crippen molar-refractivity contribution >= 4 is 23.6 Å². The number of alkyl halides is 9. The van der Waals surface area contributed by atoms with Crippen molar-refractivity contribution in [2.24, 2.45) is 12.5 Å². The van der Waals surface area contributed by atoms with Crippen LogP contribution in [-0.2, 0) is 45.1 Å². The van der Waals surface area contributed by atoms with E-state index in [1.807, 2.05) is 20.8 Å². The van der Waals surface area contributed by atoms with Crippen LogP contribution < -0.4 is 10.2 Å². The van der Waals surface area contributed by atoms with Gasteiger partial charge in [0.2, 0.25) is 0 Å². The van der Waals surface area contributed by atoms with E-state index in [0.717, 1.165) is 27.9 Å². The van der Waals surface area contributed by atoms with E-state index >= 15 is 0 Å². The lowest BCUT2D eigenvalue weighted by Crippen LogP contribution is -2.44. The predicted molar refractivity (Wildman–Crippen MR) is 165 cm³/mol. The molecule has 4 rings (SSSR count). The number of hydrogen-bond acceptors (Lipinski definition) is 5. The molecule has 4 aromatic rings. The van der Waals surface area contributed by atoms with Crippen LogP contribution in [-0.4, -0.2) is 37.4 Å². The van der Waals surface area contributed by atoms with Crippen molar-refractivity contribution in [3.05, 3.63) is 93.0 Å². The van der Waals surface area contributed by atoms with Crippen LogP contribution in [0.5, 0.6) is 0 Å². The van der Waals surface area contributed by atoms with Gasteiger partial charge in [-0.2, -0.15) is 44.3 Å². The molecule has 50 heavy (non-hydrogen) atoms. The Hall–Kier alpha value is -4.54. The molecule has 2 N–H and O–H groups in total. The molecule has 0 aliphatic heterocycles. The molecule has 8 nitrogen and oxygen atoms in total. The zero-order valence-corrected chi connectivity index (χ0v) is 27.5. The van der Waals surface area contributed by atoms with Gasteiger partial charge in [0, 0.05) is 29.7 Å². The second kappa shape index (κ2) is 14.0. The summed E-state index contributed by atoms with van der Waals surface area (Å²) in [5, 5.41) is 23.4. The van der Waals surface area contributed by atoms with Gasteiger partial charge in [-0.05, 0) is 81.8 Å². The Kier molecular flexibility index (Phi) is 10.7. The molecule has 0 saturated heterocycles. The lowest BCUT2D eigenvalue weighted by molar-refractivity contribution is -0.143. The topological polar surface area (TPSA) is 96.2 Å². The number of aryl methyl sites for hydroxylation is 1. The number of halogens is 10. The highest BCUT2D eigenvalue weighted by atomic mass is 35.5. The third kappa shape index (κ3) is 9.57. The minimum absolute atomic E-state index is 0.0372. The fourth-order valence-corrected chi connectivity index (χ4v) is 5.38. The summed E-state index contributed by atoms with van der Waals surface area (Å²) in [7, 11) is 1.34. The fraction of sp³-hybridized carbons (Fsp3) is 0.375. The molecule has 0 aliphatic rings. The molecule has 0 fully saturated rings. The highest BCUT2D eigenvalue weighted by Crippen LogP contribution is 2.39. The van der Waals surface area contributed by atoms with E-state index in [4.69, 9.17) is 11.6 Å². The monoisotopic (exact) mass is 736 g/mol. The highest BCUT2D eigenvalue weighted by Gasteiger charge is 2.37. The molecule has 1 unspecified atom stereocenters. The van der Waals surface area contributed by atoms with Gasteiger partial charge >= 0.3 is 24.6 Å². The van der Waals surface area contributed by atoms with E-state index in [0.29, 0.717) is 17.7 Å². The standard InChI is InChI=1S/C32H30ClF9N6O2/c1-29(2,3)26(43-28(49)50)12-17-5-8-25(33)24(11-17)23-7-6-20(30(34,35)36)13-19(23)16-48(27-44-46-47(4)45-27)15-18-9-21(31(37,38)39)14-22(10-18)32(40,41)42/h5-11,13-14,26,43H,12,15-16H2,1-4H3,(H,49,50). The van der Waals surface area contributed by atoms with E-state index in [9.17, 15) is 49.4 Å². The maximum absolute atomic E-state index is 14.0. The molecular formula is C32H30ClF9N6O2.